The Morgan fingerprint density at radius 3 is 2.45 bits per heavy atom. The molecule has 1 aromatic heterocycles. The minimum Gasteiger partial charge on any atom is -0.481 e. The smallest absolute Gasteiger partial charge is 0.313 e. The molecule has 0 bridgehead atoms. The van der Waals surface area contributed by atoms with Crippen molar-refractivity contribution in [2.75, 3.05) is 0 Å². The number of hydrogen-bond acceptors (Lipinski definition) is 2. The van der Waals surface area contributed by atoms with E-state index < -0.39 is 11.4 Å². The Balaban J connectivity index is 1.76. The Bertz CT molecular complexity index is 1060. The van der Waals surface area contributed by atoms with Gasteiger partial charge in [-0.3, -0.25) is 9.59 Å². The SMILES string of the molecule is Cc1ccc(C(=O)c2cccn2CC=Cc2cccc(C(C)(C)C(=O)O)c2)cc1. The second-order valence-electron chi connectivity index (χ2n) is 7.70. The van der Waals surface area contributed by atoms with Gasteiger partial charge in [-0.05, 0) is 44.0 Å². The molecule has 148 valence electrons. The average Bonchev–Trinajstić information content (AvgIpc) is 3.16. The number of carboxylic acid groups (broad SMARTS) is 1. The van der Waals surface area contributed by atoms with Gasteiger partial charge < -0.3 is 9.67 Å². The van der Waals surface area contributed by atoms with Crippen LogP contribution in [0.5, 0.6) is 0 Å². The van der Waals surface area contributed by atoms with Crippen LogP contribution >= 0.6 is 0 Å². The van der Waals surface area contributed by atoms with E-state index in [2.05, 4.69) is 0 Å². The summed E-state index contributed by atoms with van der Waals surface area (Å²) < 4.78 is 1.91. The van der Waals surface area contributed by atoms with Gasteiger partial charge in [0.15, 0.2) is 0 Å². The van der Waals surface area contributed by atoms with Gasteiger partial charge in [0, 0.05) is 18.3 Å². The molecular formula is C25H25NO3. The topological polar surface area (TPSA) is 59.3 Å². The normalized spacial score (nSPS) is 11.7. The summed E-state index contributed by atoms with van der Waals surface area (Å²) in [5.41, 5.74) is 3.16. The van der Waals surface area contributed by atoms with Crippen LogP contribution in [-0.2, 0) is 16.8 Å². The number of nitrogens with zero attached hydrogens (tertiary/aromatic N) is 1. The minimum absolute atomic E-state index is 0.00592. The van der Waals surface area contributed by atoms with Gasteiger partial charge in [0.2, 0.25) is 5.78 Å². The van der Waals surface area contributed by atoms with Gasteiger partial charge in [-0.25, -0.2) is 0 Å². The molecule has 3 aromatic rings. The molecule has 1 N–H and O–H groups in total. The summed E-state index contributed by atoms with van der Waals surface area (Å²) in [6.07, 6.45) is 5.80. The van der Waals surface area contributed by atoms with E-state index >= 15 is 0 Å². The first-order valence-electron chi connectivity index (χ1n) is 9.56. The Hall–Kier alpha value is -3.40. The van der Waals surface area contributed by atoms with Crippen molar-refractivity contribution in [1.29, 1.82) is 0 Å². The van der Waals surface area contributed by atoms with E-state index in [1.807, 2.05) is 90.5 Å². The molecule has 1 heterocycles. The molecule has 0 aliphatic carbocycles. The molecule has 3 rings (SSSR count). The fourth-order valence-corrected chi connectivity index (χ4v) is 3.09. The molecule has 0 aliphatic rings. The monoisotopic (exact) mass is 387 g/mol. The first-order valence-corrected chi connectivity index (χ1v) is 9.56. The number of rotatable bonds is 7. The summed E-state index contributed by atoms with van der Waals surface area (Å²) in [7, 11) is 0. The standard InChI is InChI=1S/C25H25NO3/c1-18-11-13-20(14-12-18)23(27)22-10-6-16-26(22)15-5-8-19-7-4-9-21(17-19)25(2,3)24(28)29/h4-14,16-17H,15H2,1-3H3,(H,28,29). The quantitative estimate of drug-likeness (QED) is 0.574. The van der Waals surface area contributed by atoms with E-state index in [-0.39, 0.29) is 5.78 Å². The van der Waals surface area contributed by atoms with E-state index in [1.54, 1.807) is 13.8 Å². The van der Waals surface area contributed by atoms with Crippen molar-refractivity contribution in [1.82, 2.24) is 4.57 Å². The van der Waals surface area contributed by atoms with E-state index in [4.69, 9.17) is 0 Å². The maximum atomic E-state index is 12.8. The minimum atomic E-state index is -0.947. The van der Waals surface area contributed by atoms with Crippen molar-refractivity contribution in [2.24, 2.45) is 0 Å². The Morgan fingerprint density at radius 1 is 1.03 bits per heavy atom. The van der Waals surface area contributed by atoms with Gasteiger partial charge in [0.05, 0.1) is 11.1 Å². The lowest BCUT2D eigenvalue weighted by molar-refractivity contribution is -0.142. The van der Waals surface area contributed by atoms with Crippen LogP contribution in [0, 0.1) is 6.92 Å². The summed E-state index contributed by atoms with van der Waals surface area (Å²) >= 11 is 0. The van der Waals surface area contributed by atoms with Crippen molar-refractivity contribution in [3.05, 3.63) is 101 Å². The van der Waals surface area contributed by atoms with Crippen LogP contribution in [0.25, 0.3) is 6.08 Å². The molecule has 0 saturated carbocycles. The number of aliphatic carboxylic acids is 1. The number of allylic oxidation sites excluding steroid dienone is 1. The molecule has 0 saturated heterocycles. The second-order valence-corrected chi connectivity index (χ2v) is 7.70. The third-order valence-electron chi connectivity index (χ3n) is 5.13. The zero-order chi connectivity index (χ0) is 21.0. The number of hydrogen-bond donors (Lipinski definition) is 1. The first kappa shape index (κ1) is 20.3. The summed E-state index contributed by atoms with van der Waals surface area (Å²) in [6.45, 7) is 5.93. The maximum absolute atomic E-state index is 12.8. The Kier molecular flexibility index (Phi) is 5.83. The highest BCUT2D eigenvalue weighted by Crippen LogP contribution is 2.24. The second kappa shape index (κ2) is 8.31. The maximum Gasteiger partial charge on any atom is 0.313 e. The van der Waals surface area contributed by atoms with Crippen LogP contribution in [0.2, 0.25) is 0 Å². The molecule has 0 unspecified atom stereocenters. The van der Waals surface area contributed by atoms with Gasteiger partial charge in [-0.1, -0.05) is 66.2 Å². The van der Waals surface area contributed by atoms with Crippen LogP contribution < -0.4 is 0 Å². The number of benzene rings is 2. The molecule has 29 heavy (non-hydrogen) atoms. The highest BCUT2D eigenvalue weighted by Gasteiger charge is 2.29. The van der Waals surface area contributed by atoms with E-state index in [0.29, 0.717) is 17.8 Å². The van der Waals surface area contributed by atoms with Gasteiger partial charge in [0.1, 0.15) is 0 Å². The van der Waals surface area contributed by atoms with Crippen molar-refractivity contribution < 1.29 is 14.7 Å². The lowest BCUT2D eigenvalue weighted by Crippen LogP contribution is -2.28. The zero-order valence-electron chi connectivity index (χ0n) is 16.9. The number of carbonyl (C=O) groups is 2. The molecule has 2 aromatic carbocycles. The molecule has 4 nitrogen and oxygen atoms in total. The molecular weight excluding hydrogens is 362 g/mol. The molecule has 0 atom stereocenters. The lowest BCUT2D eigenvalue weighted by Gasteiger charge is -2.19. The summed E-state index contributed by atoms with van der Waals surface area (Å²) in [6, 6.07) is 18.8. The van der Waals surface area contributed by atoms with Crippen molar-refractivity contribution >= 4 is 17.8 Å². The third-order valence-corrected chi connectivity index (χ3v) is 5.13. The van der Waals surface area contributed by atoms with E-state index in [0.717, 1.165) is 16.7 Å². The first-order chi connectivity index (χ1) is 13.8. The molecule has 0 fully saturated rings. The molecule has 0 spiro atoms. The molecule has 0 radical (unpaired) electrons. The summed E-state index contributed by atoms with van der Waals surface area (Å²) in [5, 5.41) is 9.43. The van der Waals surface area contributed by atoms with E-state index in [1.165, 1.54) is 0 Å². The predicted molar refractivity (Wildman–Crippen MR) is 115 cm³/mol. The van der Waals surface area contributed by atoms with Crippen LogP contribution in [0.1, 0.15) is 46.6 Å². The van der Waals surface area contributed by atoms with Crippen LogP contribution in [0.4, 0.5) is 0 Å². The van der Waals surface area contributed by atoms with Crippen molar-refractivity contribution in [3.8, 4) is 0 Å². The number of carbonyl (C=O) groups excluding carboxylic acids is 1. The fraction of sp³-hybridized carbons (Fsp3) is 0.200. The predicted octanol–water partition coefficient (Wildman–Crippen LogP) is 5.10. The highest BCUT2D eigenvalue weighted by atomic mass is 16.4. The highest BCUT2D eigenvalue weighted by molar-refractivity contribution is 6.08. The van der Waals surface area contributed by atoms with Gasteiger partial charge in [-0.2, -0.15) is 0 Å². The summed E-state index contributed by atoms with van der Waals surface area (Å²) in [5.74, 6) is -0.862. The number of ketones is 1. The van der Waals surface area contributed by atoms with E-state index in [9.17, 15) is 14.7 Å². The number of aromatic nitrogens is 1. The molecule has 0 aliphatic heterocycles. The number of carboxylic acids is 1. The van der Waals surface area contributed by atoms with Crippen LogP contribution in [0.3, 0.4) is 0 Å². The largest absolute Gasteiger partial charge is 0.481 e. The van der Waals surface area contributed by atoms with Crippen LogP contribution in [-0.4, -0.2) is 21.4 Å². The average molecular weight is 387 g/mol. The van der Waals surface area contributed by atoms with Gasteiger partial charge in [-0.15, -0.1) is 0 Å². The molecule has 0 amide bonds. The van der Waals surface area contributed by atoms with Crippen molar-refractivity contribution in [2.45, 2.75) is 32.7 Å². The summed E-state index contributed by atoms with van der Waals surface area (Å²) in [4.78, 5) is 24.3. The Morgan fingerprint density at radius 2 is 1.76 bits per heavy atom. The van der Waals surface area contributed by atoms with Gasteiger partial charge >= 0.3 is 5.97 Å². The lowest BCUT2D eigenvalue weighted by atomic mass is 9.84. The van der Waals surface area contributed by atoms with Gasteiger partial charge in [0.25, 0.3) is 0 Å². The Labute approximate surface area is 171 Å². The molecule has 4 heteroatoms. The van der Waals surface area contributed by atoms with Crippen molar-refractivity contribution in [3.63, 3.8) is 0 Å². The number of aryl methyl sites for hydroxylation is 1. The van der Waals surface area contributed by atoms with Crippen LogP contribution in [0.15, 0.2) is 72.9 Å². The zero-order valence-corrected chi connectivity index (χ0v) is 16.9. The third kappa shape index (κ3) is 4.54. The fourth-order valence-electron chi connectivity index (χ4n) is 3.09.